The van der Waals surface area contributed by atoms with Gasteiger partial charge in [0.25, 0.3) is 5.91 Å². The molecule has 0 saturated heterocycles. The molecule has 0 aliphatic heterocycles. The summed E-state index contributed by atoms with van der Waals surface area (Å²) >= 11 is 0. The first kappa shape index (κ1) is 18.9. The Morgan fingerprint density at radius 1 is 0.963 bits per heavy atom. The van der Waals surface area contributed by atoms with Gasteiger partial charge in [-0.3, -0.25) is 9.59 Å². The Balaban J connectivity index is 1.65. The number of hydrogen-bond acceptors (Lipinski definition) is 3. The van der Waals surface area contributed by atoms with E-state index in [9.17, 15) is 22.8 Å². The van der Waals surface area contributed by atoms with Crippen molar-refractivity contribution in [3.05, 3.63) is 65.5 Å². The van der Waals surface area contributed by atoms with Crippen LogP contribution in [0.25, 0.3) is 0 Å². The smallest absolute Gasteiger partial charge is 0.317 e. The summed E-state index contributed by atoms with van der Waals surface area (Å²) in [4.78, 5) is 24.7. The van der Waals surface area contributed by atoms with Crippen LogP contribution < -0.4 is 5.32 Å². The van der Waals surface area contributed by atoms with E-state index >= 15 is 0 Å². The van der Waals surface area contributed by atoms with Gasteiger partial charge in [-0.25, -0.2) is 13.2 Å². The van der Waals surface area contributed by atoms with Crippen LogP contribution in [-0.2, 0) is 19.7 Å². The molecule has 1 fully saturated rings. The highest BCUT2D eigenvalue weighted by atomic mass is 19.2. The number of hydrogen-bond donors (Lipinski definition) is 1. The van der Waals surface area contributed by atoms with E-state index in [0.29, 0.717) is 18.4 Å². The maximum Gasteiger partial charge on any atom is 0.317 e. The molecule has 27 heavy (non-hydrogen) atoms. The fraction of sp³-hybridized carbons (Fsp3) is 0.300. The van der Waals surface area contributed by atoms with Gasteiger partial charge in [0.15, 0.2) is 18.2 Å². The highest BCUT2D eigenvalue weighted by Crippen LogP contribution is 2.42. The van der Waals surface area contributed by atoms with Crippen LogP contribution in [0.15, 0.2) is 42.5 Å². The standard InChI is InChI=1S/C20H18F3NO3/c21-14-5-3-13(4-6-14)20(9-1-2-10-20)19(26)27-12-18(25)24-15-7-8-16(22)17(23)11-15/h3-8,11H,1-2,9-10,12H2,(H,24,25). The molecule has 142 valence electrons. The number of anilines is 1. The number of nitrogens with one attached hydrogen (secondary N) is 1. The average Bonchev–Trinajstić information content (AvgIpc) is 3.14. The van der Waals surface area contributed by atoms with Crippen molar-refractivity contribution in [2.75, 3.05) is 11.9 Å². The van der Waals surface area contributed by atoms with Gasteiger partial charge >= 0.3 is 5.97 Å². The fourth-order valence-corrected chi connectivity index (χ4v) is 3.40. The second-order valence-corrected chi connectivity index (χ2v) is 6.55. The normalized spacial score (nSPS) is 15.4. The van der Waals surface area contributed by atoms with Crippen molar-refractivity contribution < 1.29 is 27.5 Å². The molecule has 1 N–H and O–H groups in total. The Kier molecular flexibility index (Phi) is 5.48. The molecule has 0 heterocycles. The van der Waals surface area contributed by atoms with Crippen LogP contribution in [0.5, 0.6) is 0 Å². The summed E-state index contributed by atoms with van der Waals surface area (Å²) in [7, 11) is 0. The number of esters is 1. The average molecular weight is 377 g/mol. The van der Waals surface area contributed by atoms with E-state index in [2.05, 4.69) is 5.32 Å². The first-order chi connectivity index (χ1) is 12.9. The Labute approximate surface area is 154 Å². The van der Waals surface area contributed by atoms with Crippen LogP contribution in [0.3, 0.4) is 0 Å². The highest BCUT2D eigenvalue weighted by Gasteiger charge is 2.44. The predicted molar refractivity (Wildman–Crippen MR) is 92.5 cm³/mol. The molecule has 3 rings (SSSR count). The Morgan fingerprint density at radius 2 is 1.63 bits per heavy atom. The minimum absolute atomic E-state index is 0.0593. The van der Waals surface area contributed by atoms with Gasteiger partial charge in [-0.2, -0.15) is 0 Å². The molecule has 1 saturated carbocycles. The van der Waals surface area contributed by atoms with E-state index in [0.717, 1.165) is 25.0 Å². The van der Waals surface area contributed by atoms with Crippen molar-refractivity contribution in [1.82, 2.24) is 0 Å². The molecule has 1 aliphatic rings. The first-order valence-electron chi connectivity index (χ1n) is 8.59. The molecular weight excluding hydrogens is 359 g/mol. The van der Waals surface area contributed by atoms with E-state index in [-0.39, 0.29) is 5.69 Å². The number of amides is 1. The molecule has 4 nitrogen and oxygen atoms in total. The molecule has 0 radical (unpaired) electrons. The van der Waals surface area contributed by atoms with Crippen LogP contribution in [0.4, 0.5) is 18.9 Å². The maximum atomic E-state index is 13.2. The lowest BCUT2D eigenvalue weighted by molar-refractivity contribution is -0.153. The number of benzene rings is 2. The number of rotatable bonds is 5. The second-order valence-electron chi connectivity index (χ2n) is 6.55. The molecule has 0 aromatic heterocycles. The van der Waals surface area contributed by atoms with Crippen molar-refractivity contribution in [3.8, 4) is 0 Å². The molecule has 0 unspecified atom stereocenters. The van der Waals surface area contributed by atoms with Gasteiger partial charge in [-0.05, 0) is 42.7 Å². The molecule has 1 aliphatic carbocycles. The van der Waals surface area contributed by atoms with E-state index < -0.39 is 41.4 Å². The molecule has 0 spiro atoms. The van der Waals surface area contributed by atoms with E-state index in [1.54, 1.807) is 12.1 Å². The summed E-state index contributed by atoms with van der Waals surface area (Å²) in [5.41, 5.74) is -0.174. The maximum absolute atomic E-state index is 13.2. The number of halogens is 3. The molecule has 1 amide bonds. The summed E-state index contributed by atoms with van der Waals surface area (Å²) in [6.07, 6.45) is 2.77. The van der Waals surface area contributed by atoms with Gasteiger partial charge in [0.1, 0.15) is 5.82 Å². The Hall–Kier alpha value is -2.83. The van der Waals surface area contributed by atoms with Crippen molar-refractivity contribution in [1.29, 1.82) is 0 Å². The first-order valence-corrected chi connectivity index (χ1v) is 8.59. The molecule has 7 heteroatoms. The second kappa shape index (κ2) is 7.82. The third-order valence-electron chi connectivity index (χ3n) is 4.78. The molecule has 2 aromatic rings. The largest absolute Gasteiger partial charge is 0.455 e. The minimum atomic E-state index is -1.09. The lowest BCUT2D eigenvalue weighted by atomic mass is 9.79. The third-order valence-corrected chi connectivity index (χ3v) is 4.78. The van der Waals surface area contributed by atoms with Crippen molar-refractivity contribution in [2.24, 2.45) is 0 Å². The van der Waals surface area contributed by atoms with E-state index in [4.69, 9.17) is 4.74 Å². The summed E-state index contributed by atoms with van der Waals surface area (Å²) in [6, 6.07) is 8.63. The quantitative estimate of drug-likeness (QED) is 0.799. The highest BCUT2D eigenvalue weighted by molar-refractivity contribution is 5.93. The number of carbonyl (C=O) groups is 2. The summed E-state index contributed by atoms with van der Waals surface area (Å²) in [6.45, 7) is -0.555. The third kappa shape index (κ3) is 4.13. The van der Waals surface area contributed by atoms with Crippen LogP contribution in [0.1, 0.15) is 31.2 Å². The Morgan fingerprint density at radius 3 is 2.26 bits per heavy atom. The van der Waals surface area contributed by atoms with Gasteiger partial charge in [0, 0.05) is 11.8 Å². The van der Waals surface area contributed by atoms with Crippen LogP contribution in [-0.4, -0.2) is 18.5 Å². The van der Waals surface area contributed by atoms with Gasteiger partial charge in [0.2, 0.25) is 0 Å². The molecular formula is C20H18F3NO3. The zero-order valence-electron chi connectivity index (χ0n) is 14.4. The predicted octanol–water partition coefficient (Wildman–Crippen LogP) is 4.10. The van der Waals surface area contributed by atoms with Crippen LogP contribution >= 0.6 is 0 Å². The molecule has 0 atom stereocenters. The Bertz CT molecular complexity index is 846. The van der Waals surface area contributed by atoms with Crippen molar-refractivity contribution >= 4 is 17.6 Å². The monoisotopic (exact) mass is 377 g/mol. The lowest BCUT2D eigenvalue weighted by Gasteiger charge is -2.27. The summed E-state index contributed by atoms with van der Waals surface area (Å²) in [5, 5.41) is 2.34. The van der Waals surface area contributed by atoms with Gasteiger partial charge in [-0.15, -0.1) is 0 Å². The summed E-state index contributed by atoms with van der Waals surface area (Å²) in [5.74, 6) is -3.73. The number of ether oxygens (including phenoxy) is 1. The zero-order chi connectivity index (χ0) is 19.4. The van der Waals surface area contributed by atoms with Crippen LogP contribution in [0, 0.1) is 17.5 Å². The zero-order valence-corrected chi connectivity index (χ0v) is 14.4. The van der Waals surface area contributed by atoms with Crippen molar-refractivity contribution in [2.45, 2.75) is 31.1 Å². The van der Waals surface area contributed by atoms with E-state index in [1.807, 2.05) is 0 Å². The lowest BCUT2D eigenvalue weighted by Crippen LogP contribution is -2.36. The van der Waals surface area contributed by atoms with E-state index in [1.165, 1.54) is 18.2 Å². The SMILES string of the molecule is O=C(COC(=O)C1(c2ccc(F)cc2)CCCC1)Nc1ccc(F)c(F)c1. The van der Waals surface area contributed by atoms with Crippen LogP contribution in [0.2, 0.25) is 0 Å². The van der Waals surface area contributed by atoms with Gasteiger partial charge in [0.05, 0.1) is 5.41 Å². The topological polar surface area (TPSA) is 55.4 Å². The van der Waals surface area contributed by atoms with Crippen molar-refractivity contribution in [3.63, 3.8) is 0 Å². The molecule has 2 aromatic carbocycles. The van der Waals surface area contributed by atoms with Gasteiger partial charge in [-0.1, -0.05) is 25.0 Å². The number of carbonyl (C=O) groups excluding carboxylic acids is 2. The molecule has 0 bridgehead atoms. The minimum Gasteiger partial charge on any atom is -0.455 e. The summed E-state index contributed by atoms with van der Waals surface area (Å²) < 4.78 is 44.5. The van der Waals surface area contributed by atoms with Gasteiger partial charge < -0.3 is 10.1 Å². The fourth-order valence-electron chi connectivity index (χ4n) is 3.40.